The highest BCUT2D eigenvalue weighted by Gasteiger charge is 2.50. The molecule has 2 heterocycles. The van der Waals surface area contributed by atoms with E-state index < -0.39 is 75.4 Å². The molecule has 6 nitrogen and oxygen atoms in total. The molecule has 14 heteroatoms. The van der Waals surface area contributed by atoms with Crippen molar-refractivity contribution in [3.8, 4) is 0 Å². The molecule has 0 aromatic heterocycles. The van der Waals surface area contributed by atoms with Crippen LogP contribution in [0.3, 0.4) is 0 Å². The fourth-order valence-electron chi connectivity index (χ4n) is 5.34. The lowest BCUT2D eigenvalue weighted by Gasteiger charge is -2.37. The monoisotopic (exact) mass is 582 g/mol. The van der Waals surface area contributed by atoms with E-state index in [1.54, 1.807) is 0 Å². The highest BCUT2D eigenvalue weighted by molar-refractivity contribution is 7.88. The third-order valence-electron chi connectivity index (χ3n) is 6.95. The van der Waals surface area contributed by atoms with Gasteiger partial charge in [0, 0.05) is 31.0 Å². The summed E-state index contributed by atoms with van der Waals surface area (Å²) in [6.07, 6.45) is -11.2. The highest BCUT2D eigenvalue weighted by Crippen LogP contribution is 2.44. The molecule has 2 aromatic carbocycles. The van der Waals surface area contributed by atoms with Gasteiger partial charge < -0.3 is 9.64 Å². The van der Waals surface area contributed by atoms with E-state index >= 15 is 0 Å². The highest BCUT2D eigenvalue weighted by atomic mass is 32.2. The number of hydrogen-bond donors (Lipinski definition) is 1. The van der Waals surface area contributed by atoms with Gasteiger partial charge in [0.25, 0.3) is 0 Å². The quantitative estimate of drug-likeness (QED) is 0.486. The lowest BCUT2D eigenvalue weighted by atomic mass is 9.84. The van der Waals surface area contributed by atoms with Crippen LogP contribution in [0, 0.1) is 5.82 Å². The number of amides is 1. The van der Waals surface area contributed by atoms with Crippen molar-refractivity contribution in [2.24, 2.45) is 0 Å². The van der Waals surface area contributed by atoms with Crippen molar-refractivity contribution >= 4 is 15.9 Å². The molecule has 0 spiro atoms. The minimum absolute atomic E-state index is 0.0287. The van der Waals surface area contributed by atoms with Crippen molar-refractivity contribution in [1.29, 1.82) is 0 Å². The first-order chi connectivity index (χ1) is 17.9. The van der Waals surface area contributed by atoms with Crippen LogP contribution >= 0.6 is 0 Å². The van der Waals surface area contributed by atoms with Gasteiger partial charge in [-0.05, 0) is 54.8 Å². The molecule has 2 aliphatic heterocycles. The first kappa shape index (κ1) is 29.3. The van der Waals surface area contributed by atoms with Crippen molar-refractivity contribution in [2.45, 2.75) is 62.3 Å². The smallest absolute Gasteiger partial charge is 0.368 e. The molecule has 0 bridgehead atoms. The lowest BCUT2D eigenvalue weighted by Crippen LogP contribution is -2.51. The van der Waals surface area contributed by atoms with Gasteiger partial charge >= 0.3 is 12.4 Å². The van der Waals surface area contributed by atoms with Gasteiger partial charge in [-0.3, -0.25) is 4.79 Å². The molecule has 39 heavy (non-hydrogen) atoms. The number of rotatable bonds is 6. The maximum Gasteiger partial charge on any atom is 0.416 e. The number of alkyl halides is 6. The first-order valence-corrected chi connectivity index (χ1v) is 13.8. The SMILES string of the molecule is C[C@@H](O[C@H]1CN2C(=O)CC(NS(C)(=O)=O)C[C@H]2[C@@H]1c1ccc(F)cc1)c1cc(C(F)(F)F)cc(C(F)(F)F)c1. The predicted octanol–water partition coefficient (Wildman–Crippen LogP) is 5.02. The average Bonchev–Trinajstić information content (AvgIpc) is 3.15. The normalized spacial score (nSPS) is 25.1. The third-order valence-corrected chi connectivity index (χ3v) is 7.71. The molecule has 0 saturated carbocycles. The number of sulfonamides is 1. The summed E-state index contributed by atoms with van der Waals surface area (Å²) in [4.78, 5) is 14.4. The number of halogens is 7. The predicted molar refractivity (Wildman–Crippen MR) is 125 cm³/mol. The summed E-state index contributed by atoms with van der Waals surface area (Å²) in [6.45, 7) is 1.27. The van der Waals surface area contributed by atoms with Crippen molar-refractivity contribution < 1.29 is 48.7 Å². The van der Waals surface area contributed by atoms with Crippen molar-refractivity contribution in [3.63, 3.8) is 0 Å². The Morgan fingerprint density at radius 3 is 2.08 bits per heavy atom. The van der Waals surface area contributed by atoms with Crippen LogP contribution in [0.4, 0.5) is 30.7 Å². The number of nitrogens with one attached hydrogen (secondary N) is 1. The van der Waals surface area contributed by atoms with Gasteiger partial charge in [-0.1, -0.05) is 12.1 Å². The van der Waals surface area contributed by atoms with E-state index in [0.29, 0.717) is 17.7 Å². The summed E-state index contributed by atoms with van der Waals surface area (Å²) >= 11 is 0. The summed E-state index contributed by atoms with van der Waals surface area (Å²) < 4.78 is 126. The van der Waals surface area contributed by atoms with Crippen molar-refractivity contribution in [1.82, 2.24) is 9.62 Å². The number of piperidine rings is 1. The largest absolute Gasteiger partial charge is 0.416 e. The Morgan fingerprint density at radius 2 is 1.56 bits per heavy atom. The van der Waals surface area contributed by atoms with Gasteiger partial charge in [0.2, 0.25) is 15.9 Å². The molecule has 1 unspecified atom stereocenters. The second kappa shape index (κ2) is 10.4. The summed E-state index contributed by atoms with van der Waals surface area (Å²) in [5.74, 6) is -1.59. The van der Waals surface area contributed by atoms with Crippen LogP contribution in [0.1, 0.15) is 54.0 Å². The maximum atomic E-state index is 13.7. The summed E-state index contributed by atoms with van der Waals surface area (Å²) in [5.41, 5.74) is -2.80. The van der Waals surface area contributed by atoms with Gasteiger partial charge in [-0.25, -0.2) is 17.5 Å². The average molecular weight is 583 g/mol. The van der Waals surface area contributed by atoms with Crippen LogP contribution in [-0.2, 0) is 31.9 Å². The zero-order valence-corrected chi connectivity index (χ0v) is 21.5. The molecule has 2 aliphatic rings. The van der Waals surface area contributed by atoms with E-state index in [9.17, 15) is 43.9 Å². The van der Waals surface area contributed by atoms with E-state index in [0.717, 1.165) is 6.26 Å². The van der Waals surface area contributed by atoms with Crippen LogP contribution in [0.5, 0.6) is 0 Å². The minimum atomic E-state index is -5.03. The topological polar surface area (TPSA) is 75.7 Å². The maximum absolute atomic E-state index is 13.7. The lowest BCUT2D eigenvalue weighted by molar-refractivity contribution is -0.143. The Bertz CT molecular complexity index is 1300. The molecule has 0 aliphatic carbocycles. The fraction of sp³-hybridized carbons (Fsp3) is 0.480. The van der Waals surface area contributed by atoms with Crippen LogP contribution < -0.4 is 4.72 Å². The second-order valence-corrected chi connectivity index (χ2v) is 11.7. The molecular formula is C25H25F7N2O4S. The molecular weight excluding hydrogens is 557 g/mol. The number of nitrogens with zero attached hydrogens (tertiary/aromatic N) is 1. The number of benzene rings is 2. The van der Waals surface area contributed by atoms with E-state index in [1.165, 1.54) is 36.1 Å². The van der Waals surface area contributed by atoms with Crippen LogP contribution in [0.2, 0.25) is 0 Å². The van der Waals surface area contributed by atoms with E-state index in [4.69, 9.17) is 4.74 Å². The molecule has 0 radical (unpaired) electrons. The van der Waals surface area contributed by atoms with Gasteiger partial charge in [0.1, 0.15) is 5.82 Å². The van der Waals surface area contributed by atoms with Gasteiger partial charge in [0.15, 0.2) is 0 Å². The summed E-state index contributed by atoms with van der Waals surface area (Å²) in [7, 11) is -3.65. The number of carbonyl (C=O) groups is 1. The minimum Gasteiger partial charge on any atom is -0.368 e. The molecule has 214 valence electrons. The van der Waals surface area contributed by atoms with Gasteiger partial charge in [0.05, 0.1) is 29.6 Å². The summed E-state index contributed by atoms with van der Waals surface area (Å²) in [5, 5.41) is 0. The Kier molecular flexibility index (Phi) is 7.78. The molecule has 2 saturated heterocycles. The molecule has 2 aromatic rings. The van der Waals surface area contributed by atoms with Crippen molar-refractivity contribution in [2.75, 3.05) is 12.8 Å². The van der Waals surface area contributed by atoms with Gasteiger partial charge in [-0.15, -0.1) is 0 Å². The van der Waals surface area contributed by atoms with E-state index in [1.807, 2.05) is 0 Å². The van der Waals surface area contributed by atoms with Crippen LogP contribution in [0.25, 0.3) is 0 Å². The standard InChI is InChI=1S/C25H25F7N2O4S/c1-13(15-7-16(24(27,28)29)9-17(8-15)25(30,31)32)38-21-12-34-20(23(21)14-3-5-18(26)6-4-14)10-19(11-22(34)35)33-39(2,36)37/h3-9,13,19-21,23,33H,10-12H2,1-2H3/t13-,19?,20+,21+,23+/m1/s1. The molecule has 1 N–H and O–H groups in total. The summed E-state index contributed by atoms with van der Waals surface area (Å²) in [6, 6.07) is 5.13. The molecule has 1 amide bonds. The number of ether oxygens (including phenoxy) is 1. The van der Waals surface area contributed by atoms with E-state index in [2.05, 4.69) is 4.72 Å². The number of fused-ring (bicyclic) bond motifs is 1. The molecule has 4 rings (SSSR count). The zero-order valence-electron chi connectivity index (χ0n) is 20.7. The zero-order chi connectivity index (χ0) is 28.9. The van der Waals surface area contributed by atoms with Crippen LogP contribution in [-0.4, -0.2) is 50.2 Å². The molecule has 2 fully saturated rings. The second-order valence-electron chi connectivity index (χ2n) is 9.87. The van der Waals surface area contributed by atoms with Crippen molar-refractivity contribution in [3.05, 3.63) is 70.5 Å². The molecule has 5 atom stereocenters. The van der Waals surface area contributed by atoms with Crippen LogP contribution in [0.15, 0.2) is 42.5 Å². The Hall–Kier alpha value is -2.71. The Balaban J connectivity index is 1.69. The van der Waals surface area contributed by atoms with E-state index in [-0.39, 0.29) is 31.0 Å². The first-order valence-electron chi connectivity index (χ1n) is 11.9. The Morgan fingerprint density at radius 1 is 1.00 bits per heavy atom. The third kappa shape index (κ3) is 6.72. The number of carbonyl (C=O) groups excluding carboxylic acids is 1. The Labute approximate surface area is 220 Å². The van der Waals surface area contributed by atoms with Gasteiger partial charge in [-0.2, -0.15) is 26.3 Å². The fourth-order valence-corrected chi connectivity index (χ4v) is 6.13. The number of hydrogen-bond acceptors (Lipinski definition) is 4.